The van der Waals surface area contributed by atoms with E-state index in [1.54, 1.807) is 18.7 Å². The summed E-state index contributed by atoms with van der Waals surface area (Å²) in [7, 11) is 8.67. The van der Waals surface area contributed by atoms with Crippen LogP contribution in [-0.2, 0) is 57.5 Å². The van der Waals surface area contributed by atoms with Crippen molar-refractivity contribution < 1.29 is 70.7 Å². The Hall–Kier alpha value is -6.28. The number of carbonyl (C=O) groups is 12. The maximum absolute atomic E-state index is 15.5. The summed E-state index contributed by atoms with van der Waals surface area (Å²) in [6.45, 7) is 12.9. The Morgan fingerprint density at radius 2 is 1.18 bits per heavy atom. The van der Waals surface area contributed by atoms with E-state index in [2.05, 4.69) is 16.0 Å². The third-order valence-corrected chi connectivity index (χ3v) is 23.3. The molecule has 564 valence electrons. The average molecular weight is 1430 g/mol. The Balaban J connectivity index is 1.27. The number of hydrogen-bond donors (Lipinski definition) is 3. The Bertz CT molecular complexity index is 2940. The molecule has 4 aliphatic heterocycles. The predicted octanol–water partition coefficient (Wildman–Crippen LogP) is 6.09. The van der Waals surface area contributed by atoms with Gasteiger partial charge in [-0.1, -0.05) is 86.5 Å². The highest BCUT2D eigenvalue weighted by molar-refractivity contribution is 6.21. The van der Waals surface area contributed by atoms with Crippen LogP contribution in [0.25, 0.3) is 0 Å². The van der Waals surface area contributed by atoms with Gasteiger partial charge in [-0.05, 0) is 139 Å². The minimum Gasteiger partial charge on any atom is -0.343 e. The summed E-state index contributed by atoms with van der Waals surface area (Å²) >= 11 is 6.41. The van der Waals surface area contributed by atoms with Gasteiger partial charge in [0.2, 0.25) is 70.9 Å². The van der Waals surface area contributed by atoms with Crippen LogP contribution in [0, 0.1) is 35.5 Å². The normalized spacial score (nSPS) is 30.7. The number of rotatable bonds is 11. The molecule has 100 heavy (non-hydrogen) atoms. The van der Waals surface area contributed by atoms with E-state index < -0.39 is 167 Å². The minimum absolute atomic E-state index is 0.00110. The standard InChI is InChI=1S/C72H116ClF3N12O12/c1-43(2)37-52-64(94)81(9)46(7)63(93)88-36-30-54(88)67(97)83(11)56(40-47-23-16-14-17-24-47)66(96)80(8)42-58(89)77-51(29-27-48-26-28-49(50(73)39-48)72(74,75)76)65(95)87-35-22-25-53(87)62(92)79-71(31-18-19-32-71)70(100)85(13)60(45(5)6)69(99)84(12)57(68(98)86-33-20-15-21-34-86)41-59(90)82(10)55(38-44(3)4)61(91)78-52/h43-57,60H,14-42H2,1-13H3,(H,77,89)(H,78,91)(H,79,92)/t46-,48?,49?,50?,51-,52-,53-,54-,55-,56-,57-,60-/m0/s1. The van der Waals surface area contributed by atoms with Crippen LogP contribution in [0.1, 0.15) is 203 Å². The number of carbonyl (C=O) groups excluding carboxylic acids is 12. The van der Waals surface area contributed by atoms with Crippen LogP contribution in [0.2, 0.25) is 0 Å². The zero-order chi connectivity index (χ0) is 74.0. The Morgan fingerprint density at radius 1 is 0.560 bits per heavy atom. The second-order valence-electron chi connectivity index (χ2n) is 31.4. The van der Waals surface area contributed by atoms with Gasteiger partial charge in [-0.3, -0.25) is 57.5 Å². The monoisotopic (exact) mass is 1430 g/mol. The van der Waals surface area contributed by atoms with Crippen molar-refractivity contribution in [1.82, 2.24) is 60.0 Å². The molecule has 28 heteroatoms. The summed E-state index contributed by atoms with van der Waals surface area (Å²) < 4.78 is 42.0. The van der Waals surface area contributed by atoms with Gasteiger partial charge in [0.05, 0.1) is 18.9 Å². The lowest BCUT2D eigenvalue weighted by Gasteiger charge is -2.45. The number of nitrogens with one attached hydrogen (secondary N) is 3. The van der Waals surface area contributed by atoms with Gasteiger partial charge in [-0.15, -0.1) is 11.6 Å². The predicted molar refractivity (Wildman–Crippen MR) is 370 cm³/mol. The van der Waals surface area contributed by atoms with Crippen LogP contribution in [-0.4, -0.2) is 261 Å². The summed E-state index contributed by atoms with van der Waals surface area (Å²) in [6.07, 6.45) is 4.31. The smallest absolute Gasteiger partial charge is 0.343 e. The van der Waals surface area contributed by atoms with Crippen molar-refractivity contribution in [3.05, 3.63) is 0 Å². The molecule has 3 aliphatic carbocycles. The van der Waals surface area contributed by atoms with E-state index in [4.69, 9.17) is 11.6 Å². The maximum Gasteiger partial charge on any atom is 0.393 e. The van der Waals surface area contributed by atoms with Gasteiger partial charge < -0.3 is 60.0 Å². The van der Waals surface area contributed by atoms with E-state index in [0.717, 1.165) is 38.5 Å². The fourth-order valence-electron chi connectivity index (χ4n) is 16.5. The first-order valence-corrected chi connectivity index (χ1v) is 37.5. The Labute approximate surface area is 595 Å². The van der Waals surface area contributed by atoms with Crippen LogP contribution in [0.15, 0.2) is 0 Å². The molecule has 0 radical (unpaired) electrons. The first kappa shape index (κ1) is 81.0. The molecule has 3 saturated carbocycles. The first-order chi connectivity index (χ1) is 47.0. The second-order valence-corrected chi connectivity index (χ2v) is 31.9. The summed E-state index contributed by atoms with van der Waals surface area (Å²) in [5.41, 5.74) is -1.56. The molecule has 4 saturated heterocycles. The first-order valence-electron chi connectivity index (χ1n) is 37.1. The van der Waals surface area contributed by atoms with E-state index in [0.29, 0.717) is 45.2 Å². The minimum atomic E-state index is -4.51. The Kier molecular flexibility index (Phi) is 28.6. The molecule has 24 nitrogen and oxygen atoms in total. The molecule has 0 aromatic heterocycles. The number of hydrogen-bond acceptors (Lipinski definition) is 12. The van der Waals surface area contributed by atoms with Crippen LogP contribution in [0.5, 0.6) is 0 Å². The molecule has 12 amide bonds. The van der Waals surface area contributed by atoms with Crippen LogP contribution in [0.4, 0.5) is 13.2 Å². The summed E-state index contributed by atoms with van der Waals surface area (Å²) in [4.78, 5) is 192. The highest BCUT2D eigenvalue weighted by Crippen LogP contribution is 2.44. The highest BCUT2D eigenvalue weighted by Gasteiger charge is 2.52. The molecule has 7 fully saturated rings. The van der Waals surface area contributed by atoms with Crippen molar-refractivity contribution in [2.75, 3.05) is 75.0 Å². The molecule has 1 spiro atoms. The number of piperidine rings is 1. The van der Waals surface area contributed by atoms with Crippen molar-refractivity contribution >= 4 is 82.5 Å². The van der Waals surface area contributed by atoms with Gasteiger partial charge in [-0.2, -0.15) is 13.2 Å². The van der Waals surface area contributed by atoms with E-state index in [-0.39, 0.29) is 114 Å². The quantitative estimate of drug-likeness (QED) is 0.198. The molecule has 7 aliphatic rings. The Morgan fingerprint density at radius 3 is 1.76 bits per heavy atom. The zero-order valence-corrected chi connectivity index (χ0v) is 62.4. The van der Waals surface area contributed by atoms with Gasteiger partial charge >= 0.3 is 6.18 Å². The van der Waals surface area contributed by atoms with Crippen molar-refractivity contribution in [3.63, 3.8) is 0 Å². The van der Waals surface area contributed by atoms with Gasteiger partial charge in [0, 0.05) is 73.8 Å². The highest BCUT2D eigenvalue weighted by atomic mass is 35.5. The number of amides is 12. The molecular formula is C72H116ClF3N12O12. The van der Waals surface area contributed by atoms with E-state index >= 15 is 24.0 Å². The van der Waals surface area contributed by atoms with Crippen molar-refractivity contribution in [2.45, 2.75) is 274 Å². The molecular weight excluding hydrogens is 1320 g/mol. The maximum atomic E-state index is 15.5. The topological polar surface area (TPSA) is 270 Å². The summed E-state index contributed by atoms with van der Waals surface area (Å²) in [5.74, 6) is -10.4. The molecule has 3 unspecified atom stereocenters. The third kappa shape index (κ3) is 19.5. The fourth-order valence-corrected chi connectivity index (χ4v) is 17.1. The fraction of sp³-hybridized carbons (Fsp3) is 0.833. The summed E-state index contributed by atoms with van der Waals surface area (Å²) in [6, 6.07) is -10.8. The molecule has 0 aromatic rings. The third-order valence-electron chi connectivity index (χ3n) is 22.8. The van der Waals surface area contributed by atoms with Crippen molar-refractivity contribution in [1.29, 1.82) is 0 Å². The molecule has 7 rings (SSSR count). The van der Waals surface area contributed by atoms with Crippen molar-refractivity contribution in [2.24, 2.45) is 35.5 Å². The van der Waals surface area contributed by atoms with Crippen LogP contribution in [0.3, 0.4) is 0 Å². The number of likely N-dealkylation sites (tertiary alicyclic amines) is 1. The van der Waals surface area contributed by atoms with Gasteiger partial charge in [0.15, 0.2) is 0 Å². The molecule has 4 heterocycles. The van der Waals surface area contributed by atoms with Gasteiger partial charge in [-0.25, -0.2) is 0 Å². The van der Waals surface area contributed by atoms with E-state index in [9.17, 15) is 46.7 Å². The lowest BCUT2D eigenvalue weighted by Crippen LogP contribution is -2.65. The van der Waals surface area contributed by atoms with Crippen molar-refractivity contribution in [3.8, 4) is 0 Å². The number of halogens is 4. The molecule has 0 aromatic carbocycles. The number of alkyl halides is 4. The largest absolute Gasteiger partial charge is 0.393 e. The summed E-state index contributed by atoms with van der Waals surface area (Å²) in [5, 5.41) is 7.59. The molecule has 3 N–H and O–H groups in total. The van der Waals surface area contributed by atoms with Gasteiger partial charge in [0.1, 0.15) is 59.9 Å². The lowest BCUT2D eigenvalue weighted by molar-refractivity contribution is -0.182. The van der Waals surface area contributed by atoms with Crippen LogP contribution >= 0.6 is 11.6 Å². The van der Waals surface area contributed by atoms with Gasteiger partial charge in [0.25, 0.3) is 0 Å². The lowest BCUT2D eigenvalue weighted by atomic mass is 9.78. The second kappa shape index (κ2) is 35.3. The van der Waals surface area contributed by atoms with E-state index in [1.807, 2.05) is 27.7 Å². The molecule has 12 atom stereocenters. The van der Waals surface area contributed by atoms with Crippen LogP contribution < -0.4 is 16.0 Å². The SMILES string of the molecule is CC(C)C[C@@H]1NC(=O)[C@H](CC(C)C)N(C)C(=O)C[C@@H](C(=O)N2CCCCC2)N(C)C(=O)[C@H](C(C)C)N(C)C(=O)C2(CCCC2)NC(=O)[C@@H]2CCCN2C(=O)[C@H](CCC2CCC(C(F)(F)F)C(Cl)C2)NC(=O)CN(C)C(=O)[C@H](CC2CCCCC2)N(C)C(=O)[C@@H]2CCN2C(=O)[C@H](C)N(C)C1=O. The van der Waals surface area contributed by atoms with E-state index in [1.165, 1.54) is 88.4 Å². The number of likely N-dealkylation sites (N-methyl/N-ethyl adjacent to an activating group) is 6. The number of nitrogens with zero attached hydrogens (tertiary/aromatic N) is 9. The average Bonchev–Trinajstić information content (AvgIpc) is 1.19. The molecule has 0 bridgehead atoms. The zero-order valence-electron chi connectivity index (χ0n) is 61.7. The number of fused-ring (bicyclic) bond motifs is 2.